The van der Waals surface area contributed by atoms with Crippen molar-refractivity contribution in [3.8, 4) is 0 Å². The van der Waals surface area contributed by atoms with Gasteiger partial charge in [-0.05, 0) is 34.4 Å². The fraction of sp³-hybridized carbons (Fsp3) is 0.100. The molecule has 0 N–H and O–H groups in total. The van der Waals surface area contributed by atoms with E-state index in [9.17, 15) is 0 Å². The van der Waals surface area contributed by atoms with Crippen LogP contribution < -0.4 is 0 Å². The summed E-state index contributed by atoms with van der Waals surface area (Å²) < 4.78 is 0. The molecule has 2 aromatic carbocycles. The summed E-state index contributed by atoms with van der Waals surface area (Å²) >= 11 is 0. The van der Waals surface area contributed by atoms with Crippen molar-refractivity contribution < 1.29 is 0 Å². The van der Waals surface area contributed by atoms with Crippen molar-refractivity contribution in [3.05, 3.63) is 89.6 Å². The Morgan fingerprint density at radius 2 is 1.80 bits per heavy atom. The molecular formula is C20H16. The third-order valence-corrected chi connectivity index (χ3v) is 4.16. The van der Waals surface area contributed by atoms with Gasteiger partial charge in [-0.1, -0.05) is 78.4 Å². The fourth-order valence-corrected chi connectivity index (χ4v) is 3.24. The minimum atomic E-state index is 0.453. The van der Waals surface area contributed by atoms with Crippen molar-refractivity contribution in [2.24, 2.45) is 5.92 Å². The molecule has 0 bridgehead atoms. The summed E-state index contributed by atoms with van der Waals surface area (Å²) in [5, 5.41) is 2.64. The van der Waals surface area contributed by atoms with E-state index in [0.29, 0.717) is 5.92 Å². The summed E-state index contributed by atoms with van der Waals surface area (Å²) in [6.07, 6.45) is 11.4. The molecule has 0 saturated carbocycles. The van der Waals surface area contributed by atoms with Crippen LogP contribution in [0.25, 0.3) is 16.3 Å². The van der Waals surface area contributed by atoms with Crippen LogP contribution in [0, 0.1) is 5.92 Å². The van der Waals surface area contributed by atoms with E-state index in [4.69, 9.17) is 0 Å². The van der Waals surface area contributed by atoms with Crippen LogP contribution >= 0.6 is 0 Å². The number of hydrogen-bond donors (Lipinski definition) is 0. The Morgan fingerprint density at radius 3 is 2.75 bits per heavy atom. The quantitative estimate of drug-likeness (QED) is 0.650. The van der Waals surface area contributed by atoms with Crippen LogP contribution in [0.15, 0.2) is 84.0 Å². The van der Waals surface area contributed by atoms with Crippen molar-refractivity contribution in [1.82, 2.24) is 0 Å². The largest absolute Gasteiger partial charge is 0.0732 e. The van der Waals surface area contributed by atoms with Crippen molar-refractivity contribution in [2.75, 3.05) is 0 Å². The average molecular weight is 256 g/mol. The zero-order valence-electron chi connectivity index (χ0n) is 11.5. The van der Waals surface area contributed by atoms with Gasteiger partial charge in [0.15, 0.2) is 0 Å². The van der Waals surface area contributed by atoms with E-state index < -0.39 is 0 Å². The normalized spacial score (nSPS) is 20.4. The topological polar surface area (TPSA) is 0 Å². The summed E-state index contributed by atoms with van der Waals surface area (Å²) in [7, 11) is 0. The van der Waals surface area contributed by atoms with E-state index in [1.165, 1.54) is 33.1 Å². The Hall–Kier alpha value is -2.34. The lowest BCUT2D eigenvalue weighted by atomic mass is 9.83. The second-order valence-electron chi connectivity index (χ2n) is 5.53. The van der Waals surface area contributed by atoms with Crippen LogP contribution in [-0.4, -0.2) is 0 Å². The average Bonchev–Trinajstić information content (AvgIpc) is 2.94. The lowest BCUT2D eigenvalue weighted by Gasteiger charge is -2.21. The number of hydrogen-bond acceptors (Lipinski definition) is 0. The maximum absolute atomic E-state index is 2.34. The van der Waals surface area contributed by atoms with E-state index in [2.05, 4.69) is 79.8 Å². The van der Waals surface area contributed by atoms with E-state index in [-0.39, 0.29) is 0 Å². The highest BCUT2D eigenvalue weighted by Gasteiger charge is 2.22. The first-order valence-electron chi connectivity index (χ1n) is 7.10. The van der Waals surface area contributed by atoms with Crippen LogP contribution in [0.3, 0.4) is 0 Å². The number of allylic oxidation sites excluding steroid dienone is 8. The fourth-order valence-electron chi connectivity index (χ4n) is 3.24. The molecule has 0 radical (unpaired) electrons. The second-order valence-corrected chi connectivity index (χ2v) is 5.53. The molecule has 2 aliphatic rings. The second kappa shape index (κ2) is 4.35. The van der Waals surface area contributed by atoms with Gasteiger partial charge in [-0.3, -0.25) is 0 Å². The minimum Gasteiger partial charge on any atom is -0.0732 e. The van der Waals surface area contributed by atoms with Crippen LogP contribution in [0.1, 0.15) is 12.5 Å². The van der Waals surface area contributed by atoms with Gasteiger partial charge in [0.1, 0.15) is 0 Å². The first-order chi connectivity index (χ1) is 9.83. The standard InChI is InChI=1S/C20H16/c1-14-12-16-8-5-10-18(16)20(13-14)19-11-4-7-15-6-2-3-9-17(15)19/h2-13,16H,1H3. The first-order valence-corrected chi connectivity index (χ1v) is 7.10. The third kappa shape index (κ3) is 1.69. The highest BCUT2D eigenvalue weighted by atomic mass is 14.3. The molecule has 2 aromatic rings. The molecule has 0 spiro atoms. The first kappa shape index (κ1) is 11.5. The third-order valence-electron chi connectivity index (χ3n) is 4.16. The molecule has 0 aromatic heterocycles. The van der Waals surface area contributed by atoms with Gasteiger partial charge in [0.2, 0.25) is 0 Å². The molecule has 0 heteroatoms. The van der Waals surface area contributed by atoms with Crippen LogP contribution in [0.4, 0.5) is 0 Å². The molecule has 20 heavy (non-hydrogen) atoms. The summed E-state index contributed by atoms with van der Waals surface area (Å²) in [5.41, 5.74) is 5.49. The molecule has 0 fully saturated rings. The highest BCUT2D eigenvalue weighted by Crippen LogP contribution is 2.40. The zero-order valence-corrected chi connectivity index (χ0v) is 11.5. The van der Waals surface area contributed by atoms with Gasteiger partial charge >= 0.3 is 0 Å². The highest BCUT2D eigenvalue weighted by molar-refractivity contribution is 5.99. The van der Waals surface area contributed by atoms with Crippen molar-refractivity contribution in [2.45, 2.75) is 6.92 Å². The van der Waals surface area contributed by atoms with Gasteiger partial charge in [-0.25, -0.2) is 0 Å². The summed E-state index contributed by atoms with van der Waals surface area (Å²) in [5.74, 6) is 0.453. The van der Waals surface area contributed by atoms with E-state index in [0.717, 1.165) is 0 Å². The molecule has 1 unspecified atom stereocenters. The Balaban J connectivity index is 1.98. The molecule has 4 rings (SSSR count). The number of benzene rings is 2. The van der Waals surface area contributed by atoms with Gasteiger partial charge in [0, 0.05) is 5.92 Å². The predicted molar refractivity (Wildman–Crippen MR) is 86.4 cm³/mol. The number of rotatable bonds is 1. The van der Waals surface area contributed by atoms with Gasteiger partial charge in [0.05, 0.1) is 0 Å². The van der Waals surface area contributed by atoms with Gasteiger partial charge < -0.3 is 0 Å². The molecule has 0 amide bonds. The Morgan fingerprint density at radius 1 is 0.950 bits per heavy atom. The minimum absolute atomic E-state index is 0.453. The Kier molecular flexibility index (Phi) is 2.50. The van der Waals surface area contributed by atoms with E-state index >= 15 is 0 Å². The Bertz CT molecular complexity index is 808. The molecule has 0 aliphatic heterocycles. The van der Waals surface area contributed by atoms with Crippen LogP contribution in [0.2, 0.25) is 0 Å². The molecule has 1 atom stereocenters. The number of fused-ring (bicyclic) bond motifs is 2. The molecule has 2 aliphatic carbocycles. The van der Waals surface area contributed by atoms with Gasteiger partial charge in [-0.2, -0.15) is 0 Å². The van der Waals surface area contributed by atoms with Crippen molar-refractivity contribution in [1.29, 1.82) is 0 Å². The van der Waals surface area contributed by atoms with Crippen molar-refractivity contribution in [3.63, 3.8) is 0 Å². The smallest absolute Gasteiger partial charge is 0.0213 e. The SMILES string of the molecule is CC1=CC2C=CC=C2C(c2cccc3ccccc23)=C1. The van der Waals surface area contributed by atoms with Crippen molar-refractivity contribution >= 4 is 16.3 Å². The van der Waals surface area contributed by atoms with Gasteiger partial charge in [-0.15, -0.1) is 0 Å². The summed E-state index contributed by atoms with van der Waals surface area (Å²) in [6.45, 7) is 2.19. The Labute approximate surface area is 119 Å². The molecule has 0 nitrogen and oxygen atoms in total. The molecule has 96 valence electrons. The molecular weight excluding hydrogens is 240 g/mol. The van der Waals surface area contributed by atoms with E-state index in [1.54, 1.807) is 0 Å². The predicted octanol–water partition coefficient (Wildman–Crippen LogP) is 5.30. The molecule has 0 saturated heterocycles. The monoisotopic (exact) mass is 256 g/mol. The summed E-state index contributed by atoms with van der Waals surface area (Å²) in [4.78, 5) is 0. The van der Waals surface area contributed by atoms with Crippen LogP contribution in [-0.2, 0) is 0 Å². The maximum atomic E-state index is 2.34. The molecule has 0 heterocycles. The maximum Gasteiger partial charge on any atom is 0.0213 e. The summed E-state index contributed by atoms with van der Waals surface area (Å²) in [6, 6.07) is 15.2. The lowest BCUT2D eigenvalue weighted by Crippen LogP contribution is -2.04. The zero-order chi connectivity index (χ0) is 13.5. The van der Waals surface area contributed by atoms with E-state index in [1.807, 2.05) is 0 Å². The lowest BCUT2D eigenvalue weighted by molar-refractivity contribution is 1.01. The van der Waals surface area contributed by atoms with Gasteiger partial charge in [0.25, 0.3) is 0 Å². The van der Waals surface area contributed by atoms with Crippen LogP contribution in [0.5, 0.6) is 0 Å².